The van der Waals surface area contributed by atoms with E-state index in [1.807, 2.05) is 30.3 Å². The standard InChI is InChI=1S/C24H27N5OS/c1-18-12-14-20(15-13-18)23-27-28-24(29(23)21-10-6-3-7-11-21)31-17-22(30)26-25-16-19-8-4-2-5-9-19/h2,4-5,8-9,12-16,21H,3,6-7,10-11,17H2,1H3,(H,26,30)/b25-16+. The first kappa shape index (κ1) is 21.3. The predicted molar refractivity (Wildman–Crippen MR) is 125 cm³/mol. The van der Waals surface area contributed by atoms with Gasteiger partial charge in [0.25, 0.3) is 5.91 Å². The van der Waals surface area contributed by atoms with Crippen LogP contribution in [0.2, 0.25) is 0 Å². The van der Waals surface area contributed by atoms with Crippen molar-refractivity contribution in [3.63, 3.8) is 0 Å². The topological polar surface area (TPSA) is 72.2 Å². The fourth-order valence-corrected chi connectivity index (χ4v) is 4.62. The van der Waals surface area contributed by atoms with Crippen molar-refractivity contribution in [2.24, 2.45) is 5.10 Å². The molecule has 31 heavy (non-hydrogen) atoms. The van der Waals surface area contributed by atoms with Crippen molar-refractivity contribution >= 4 is 23.9 Å². The molecule has 1 aliphatic carbocycles. The number of thioether (sulfide) groups is 1. The molecule has 1 aliphatic rings. The zero-order chi connectivity index (χ0) is 21.5. The summed E-state index contributed by atoms with van der Waals surface area (Å²) in [5.41, 5.74) is 5.82. The number of hydrogen-bond acceptors (Lipinski definition) is 5. The number of carbonyl (C=O) groups excluding carboxylic acids is 1. The van der Waals surface area contributed by atoms with E-state index in [9.17, 15) is 4.79 Å². The van der Waals surface area contributed by atoms with Crippen molar-refractivity contribution in [1.82, 2.24) is 20.2 Å². The van der Waals surface area contributed by atoms with Crippen LogP contribution in [0.25, 0.3) is 11.4 Å². The van der Waals surface area contributed by atoms with Crippen molar-refractivity contribution in [1.29, 1.82) is 0 Å². The van der Waals surface area contributed by atoms with E-state index in [-0.39, 0.29) is 11.7 Å². The smallest absolute Gasteiger partial charge is 0.250 e. The molecule has 1 aromatic heterocycles. The maximum atomic E-state index is 12.3. The zero-order valence-electron chi connectivity index (χ0n) is 17.7. The summed E-state index contributed by atoms with van der Waals surface area (Å²) in [6.07, 6.45) is 7.60. The Hall–Kier alpha value is -2.93. The zero-order valence-corrected chi connectivity index (χ0v) is 18.5. The van der Waals surface area contributed by atoms with E-state index in [4.69, 9.17) is 0 Å². The Morgan fingerprint density at radius 3 is 2.58 bits per heavy atom. The van der Waals surface area contributed by atoms with E-state index < -0.39 is 0 Å². The highest BCUT2D eigenvalue weighted by Crippen LogP contribution is 2.35. The lowest BCUT2D eigenvalue weighted by atomic mass is 9.95. The van der Waals surface area contributed by atoms with Gasteiger partial charge in [0.05, 0.1) is 12.0 Å². The number of benzene rings is 2. The van der Waals surface area contributed by atoms with Crippen LogP contribution in [-0.4, -0.2) is 32.6 Å². The molecule has 1 heterocycles. The molecule has 4 rings (SSSR count). The average molecular weight is 434 g/mol. The van der Waals surface area contributed by atoms with Gasteiger partial charge in [-0.25, -0.2) is 5.43 Å². The molecule has 1 amide bonds. The van der Waals surface area contributed by atoms with Crippen molar-refractivity contribution in [2.45, 2.75) is 50.2 Å². The van der Waals surface area contributed by atoms with Crippen LogP contribution >= 0.6 is 11.8 Å². The molecule has 0 radical (unpaired) electrons. The third-order valence-electron chi connectivity index (χ3n) is 5.45. The summed E-state index contributed by atoms with van der Waals surface area (Å²) in [6, 6.07) is 18.4. The molecular formula is C24H27N5OS. The van der Waals surface area contributed by atoms with Crippen LogP contribution in [0.5, 0.6) is 0 Å². The van der Waals surface area contributed by atoms with Gasteiger partial charge in [0.2, 0.25) is 0 Å². The highest BCUT2D eigenvalue weighted by atomic mass is 32.2. The van der Waals surface area contributed by atoms with Gasteiger partial charge in [0.15, 0.2) is 11.0 Å². The number of nitrogens with one attached hydrogen (secondary N) is 1. The lowest BCUT2D eigenvalue weighted by Crippen LogP contribution is -2.20. The molecule has 0 spiro atoms. The Labute approximate surface area is 187 Å². The van der Waals surface area contributed by atoms with E-state index in [2.05, 4.69) is 56.5 Å². The van der Waals surface area contributed by atoms with Crippen LogP contribution in [0.3, 0.4) is 0 Å². The van der Waals surface area contributed by atoms with Gasteiger partial charge in [-0.15, -0.1) is 10.2 Å². The third-order valence-corrected chi connectivity index (χ3v) is 6.39. The van der Waals surface area contributed by atoms with Crippen LogP contribution in [0.15, 0.2) is 64.9 Å². The molecule has 0 aliphatic heterocycles. The summed E-state index contributed by atoms with van der Waals surface area (Å²) < 4.78 is 2.25. The van der Waals surface area contributed by atoms with Gasteiger partial charge in [-0.1, -0.05) is 91.2 Å². The largest absolute Gasteiger partial charge is 0.299 e. The number of rotatable bonds is 7. The Balaban J connectivity index is 1.46. The van der Waals surface area contributed by atoms with Gasteiger partial charge >= 0.3 is 0 Å². The Bertz CT molecular complexity index is 1020. The van der Waals surface area contributed by atoms with E-state index in [0.29, 0.717) is 6.04 Å². The second-order valence-electron chi connectivity index (χ2n) is 7.83. The molecular weight excluding hydrogens is 406 g/mol. The first-order chi connectivity index (χ1) is 15.2. The highest BCUT2D eigenvalue weighted by Gasteiger charge is 2.24. The molecule has 7 heteroatoms. The number of aromatic nitrogens is 3. The number of amides is 1. The third kappa shape index (κ3) is 5.61. The minimum Gasteiger partial charge on any atom is -0.299 e. The summed E-state index contributed by atoms with van der Waals surface area (Å²) in [7, 11) is 0. The summed E-state index contributed by atoms with van der Waals surface area (Å²) in [5.74, 6) is 0.967. The minimum atomic E-state index is -0.160. The quantitative estimate of drug-likeness (QED) is 0.323. The molecule has 2 aromatic carbocycles. The molecule has 0 saturated heterocycles. The van der Waals surface area contributed by atoms with Gasteiger partial charge in [0.1, 0.15) is 0 Å². The number of hydrogen-bond donors (Lipinski definition) is 1. The summed E-state index contributed by atoms with van der Waals surface area (Å²) in [4.78, 5) is 12.3. The summed E-state index contributed by atoms with van der Waals surface area (Å²) >= 11 is 1.42. The fraction of sp³-hybridized carbons (Fsp3) is 0.333. The fourth-order valence-electron chi connectivity index (χ4n) is 3.82. The van der Waals surface area contributed by atoms with Crippen molar-refractivity contribution in [2.75, 3.05) is 5.75 Å². The molecule has 160 valence electrons. The van der Waals surface area contributed by atoms with Crippen LogP contribution in [-0.2, 0) is 4.79 Å². The van der Waals surface area contributed by atoms with E-state index in [0.717, 1.165) is 34.9 Å². The van der Waals surface area contributed by atoms with Crippen molar-refractivity contribution in [3.8, 4) is 11.4 Å². The molecule has 0 bridgehead atoms. The Morgan fingerprint density at radius 1 is 1.10 bits per heavy atom. The lowest BCUT2D eigenvalue weighted by molar-refractivity contribution is -0.118. The number of nitrogens with zero attached hydrogens (tertiary/aromatic N) is 4. The first-order valence-corrected chi connectivity index (χ1v) is 11.7. The second kappa shape index (κ2) is 10.4. The monoisotopic (exact) mass is 433 g/mol. The molecule has 1 saturated carbocycles. The SMILES string of the molecule is Cc1ccc(-c2nnc(SCC(=O)N/N=C/c3ccccc3)n2C2CCCCC2)cc1. The van der Waals surface area contributed by atoms with E-state index in [1.54, 1.807) is 6.21 Å². The Kier molecular flexibility index (Phi) is 7.14. The molecule has 0 atom stereocenters. The summed E-state index contributed by atoms with van der Waals surface area (Å²) in [6.45, 7) is 2.08. The number of hydrazone groups is 1. The van der Waals surface area contributed by atoms with Gasteiger partial charge < -0.3 is 0 Å². The second-order valence-corrected chi connectivity index (χ2v) is 8.77. The number of aryl methyl sites for hydroxylation is 1. The van der Waals surface area contributed by atoms with Crippen LogP contribution in [0.4, 0.5) is 0 Å². The van der Waals surface area contributed by atoms with Crippen molar-refractivity contribution < 1.29 is 4.79 Å². The van der Waals surface area contributed by atoms with Gasteiger partial charge in [-0.3, -0.25) is 9.36 Å². The maximum absolute atomic E-state index is 12.3. The molecule has 1 N–H and O–H groups in total. The Morgan fingerprint density at radius 2 is 1.84 bits per heavy atom. The molecule has 6 nitrogen and oxygen atoms in total. The lowest BCUT2D eigenvalue weighted by Gasteiger charge is -2.25. The maximum Gasteiger partial charge on any atom is 0.250 e. The van der Waals surface area contributed by atoms with E-state index >= 15 is 0 Å². The van der Waals surface area contributed by atoms with Gasteiger partial charge in [-0.2, -0.15) is 5.10 Å². The first-order valence-electron chi connectivity index (χ1n) is 10.7. The van der Waals surface area contributed by atoms with Crippen LogP contribution < -0.4 is 5.43 Å². The normalized spacial score (nSPS) is 14.7. The molecule has 3 aromatic rings. The average Bonchev–Trinajstić information content (AvgIpc) is 3.23. The molecule has 0 unspecified atom stereocenters. The van der Waals surface area contributed by atoms with Crippen LogP contribution in [0, 0.1) is 6.92 Å². The minimum absolute atomic E-state index is 0.160. The number of carbonyl (C=O) groups is 1. The van der Waals surface area contributed by atoms with Crippen LogP contribution in [0.1, 0.15) is 49.3 Å². The van der Waals surface area contributed by atoms with Gasteiger partial charge in [-0.05, 0) is 25.3 Å². The van der Waals surface area contributed by atoms with Gasteiger partial charge in [0, 0.05) is 11.6 Å². The molecule has 1 fully saturated rings. The highest BCUT2D eigenvalue weighted by molar-refractivity contribution is 7.99. The predicted octanol–water partition coefficient (Wildman–Crippen LogP) is 5.00. The van der Waals surface area contributed by atoms with Crippen molar-refractivity contribution in [3.05, 3.63) is 65.7 Å². The van der Waals surface area contributed by atoms with E-state index in [1.165, 1.54) is 36.6 Å². The summed E-state index contributed by atoms with van der Waals surface area (Å²) in [5, 5.41) is 13.8.